The molecule has 1 aromatic carbocycles. The van der Waals surface area contributed by atoms with E-state index in [1.54, 1.807) is 11.3 Å². The predicted octanol–water partition coefficient (Wildman–Crippen LogP) is 3.68. The lowest BCUT2D eigenvalue weighted by Gasteiger charge is -2.08. The van der Waals surface area contributed by atoms with Crippen LogP contribution in [0.5, 0.6) is 0 Å². The van der Waals surface area contributed by atoms with Crippen molar-refractivity contribution in [3.63, 3.8) is 0 Å². The molecule has 0 fully saturated rings. The first-order valence-electron chi connectivity index (χ1n) is 10.4. The van der Waals surface area contributed by atoms with E-state index < -0.39 is 23.5 Å². The van der Waals surface area contributed by atoms with Crippen molar-refractivity contribution in [3.05, 3.63) is 51.7 Å². The first-order chi connectivity index (χ1) is 15.4. The van der Waals surface area contributed by atoms with E-state index in [-0.39, 0.29) is 25.1 Å². The lowest BCUT2D eigenvalue weighted by Crippen LogP contribution is -2.27. The number of rotatable bonds is 6. The first-order valence-corrected chi connectivity index (χ1v) is 11.2. The number of anilines is 1. The standard InChI is InChI=1S/C22H22F2N4O3S/c23-12-6-7-13(15(24)10-12)21(30)26-9-8-18(29)31-11-17-27-20(25)19-14-4-2-1-3-5-16(14)32-22(19)28-17/h6-7,10H,1-5,8-9,11H2,(H,26,30)(H2,25,27,28). The number of nitrogens with two attached hydrogens (primary N) is 1. The highest BCUT2D eigenvalue weighted by atomic mass is 32.1. The first kappa shape index (κ1) is 22.1. The summed E-state index contributed by atoms with van der Waals surface area (Å²) in [4.78, 5) is 34.9. The molecule has 168 valence electrons. The second-order valence-corrected chi connectivity index (χ2v) is 8.64. The zero-order valence-corrected chi connectivity index (χ0v) is 18.1. The minimum atomic E-state index is -0.971. The van der Waals surface area contributed by atoms with Crippen LogP contribution < -0.4 is 11.1 Å². The Morgan fingerprint density at radius 1 is 1.16 bits per heavy atom. The van der Waals surface area contributed by atoms with Crippen LogP contribution in [0.4, 0.5) is 14.6 Å². The van der Waals surface area contributed by atoms with Gasteiger partial charge in [0, 0.05) is 17.5 Å². The van der Waals surface area contributed by atoms with Crippen molar-refractivity contribution in [1.29, 1.82) is 0 Å². The van der Waals surface area contributed by atoms with E-state index in [1.807, 2.05) is 0 Å². The molecule has 2 aromatic heterocycles. The quantitative estimate of drug-likeness (QED) is 0.429. The maximum Gasteiger partial charge on any atom is 0.308 e. The van der Waals surface area contributed by atoms with Crippen LogP contribution >= 0.6 is 11.3 Å². The van der Waals surface area contributed by atoms with Crippen LogP contribution in [0.2, 0.25) is 0 Å². The maximum absolute atomic E-state index is 13.6. The third-order valence-corrected chi connectivity index (χ3v) is 6.48. The molecule has 0 bridgehead atoms. The summed E-state index contributed by atoms with van der Waals surface area (Å²) in [6.45, 7) is -0.198. The maximum atomic E-state index is 13.6. The fourth-order valence-corrected chi connectivity index (χ4v) is 5.02. The molecule has 0 radical (unpaired) electrons. The summed E-state index contributed by atoms with van der Waals surface area (Å²) in [5.41, 5.74) is 7.13. The fourth-order valence-electron chi connectivity index (χ4n) is 3.74. The number of carbonyl (C=O) groups excluding carboxylic acids is 2. The van der Waals surface area contributed by atoms with E-state index in [4.69, 9.17) is 10.5 Å². The van der Waals surface area contributed by atoms with Crippen molar-refractivity contribution in [2.45, 2.75) is 45.1 Å². The molecule has 0 unspecified atom stereocenters. The number of nitrogen functional groups attached to an aromatic ring is 1. The molecule has 32 heavy (non-hydrogen) atoms. The molecule has 0 spiro atoms. The van der Waals surface area contributed by atoms with Crippen LogP contribution in [-0.4, -0.2) is 28.4 Å². The molecule has 0 aliphatic heterocycles. The Labute approximate surface area is 187 Å². The Kier molecular flexibility index (Phi) is 6.59. The van der Waals surface area contributed by atoms with Gasteiger partial charge >= 0.3 is 5.97 Å². The third-order valence-electron chi connectivity index (χ3n) is 5.29. The molecule has 1 amide bonds. The summed E-state index contributed by atoms with van der Waals surface area (Å²) in [6, 6.07) is 2.65. The number of carbonyl (C=O) groups is 2. The molecular weight excluding hydrogens is 438 g/mol. The molecule has 7 nitrogen and oxygen atoms in total. The zero-order chi connectivity index (χ0) is 22.7. The number of ether oxygens (including phenoxy) is 1. The molecule has 0 saturated carbocycles. The van der Waals surface area contributed by atoms with Crippen LogP contribution in [0.3, 0.4) is 0 Å². The average molecular weight is 461 g/mol. The highest BCUT2D eigenvalue weighted by Gasteiger charge is 2.20. The molecule has 1 aliphatic carbocycles. The number of benzene rings is 1. The number of nitrogens with zero attached hydrogens (tertiary/aromatic N) is 2. The fraction of sp³-hybridized carbons (Fsp3) is 0.364. The van der Waals surface area contributed by atoms with E-state index in [1.165, 1.54) is 16.9 Å². The highest BCUT2D eigenvalue weighted by molar-refractivity contribution is 7.19. The van der Waals surface area contributed by atoms with Crippen molar-refractivity contribution in [2.24, 2.45) is 0 Å². The summed E-state index contributed by atoms with van der Waals surface area (Å²) in [6.07, 6.45) is 5.36. The lowest BCUT2D eigenvalue weighted by atomic mass is 10.1. The lowest BCUT2D eigenvalue weighted by molar-refractivity contribution is -0.145. The minimum absolute atomic E-state index is 0.0614. The largest absolute Gasteiger partial charge is 0.457 e. The van der Waals surface area contributed by atoms with Gasteiger partial charge in [-0.15, -0.1) is 11.3 Å². The van der Waals surface area contributed by atoms with Gasteiger partial charge in [0.15, 0.2) is 12.4 Å². The van der Waals surface area contributed by atoms with Gasteiger partial charge in [0.1, 0.15) is 22.3 Å². The summed E-state index contributed by atoms with van der Waals surface area (Å²) in [5.74, 6) is -2.35. The second-order valence-electron chi connectivity index (χ2n) is 7.56. The molecule has 0 atom stereocenters. The Morgan fingerprint density at radius 2 is 1.97 bits per heavy atom. The van der Waals surface area contributed by atoms with Crippen molar-refractivity contribution in [3.8, 4) is 0 Å². The van der Waals surface area contributed by atoms with E-state index >= 15 is 0 Å². The van der Waals surface area contributed by atoms with Gasteiger partial charge < -0.3 is 15.8 Å². The minimum Gasteiger partial charge on any atom is -0.457 e. The van der Waals surface area contributed by atoms with Crippen molar-refractivity contribution < 1.29 is 23.1 Å². The zero-order valence-electron chi connectivity index (χ0n) is 17.2. The molecule has 4 rings (SSSR count). The van der Waals surface area contributed by atoms with Gasteiger partial charge in [-0.3, -0.25) is 9.59 Å². The monoisotopic (exact) mass is 460 g/mol. The summed E-state index contributed by atoms with van der Waals surface area (Å²) < 4.78 is 31.7. The van der Waals surface area contributed by atoms with Gasteiger partial charge in [-0.05, 0) is 43.4 Å². The molecular formula is C22H22F2N4O3S. The number of hydrogen-bond acceptors (Lipinski definition) is 7. The number of fused-ring (bicyclic) bond motifs is 3. The Hall–Kier alpha value is -3.14. The molecule has 1 aliphatic rings. The van der Waals surface area contributed by atoms with Gasteiger partial charge in [-0.1, -0.05) is 6.42 Å². The number of aromatic nitrogens is 2. The Morgan fingerprint density at radius 3 is 2.78 bits per heavy atom. The summed E-state index contributed by atoms with van der Waals surface area (Å²) in [7, 11) is 0. The molecule has 0 saturated heterocycles. The summed E-state index contributed by atoms with van der Waals surface area (Å²) in [5, 5.41) is 3.32. The van der Waals surface area contributed by atoms with E-state index in [0.29, 0.717) is 17.7 Å². The topological polar surface area (TPSA) is 107 Å². The van der Waals surface area contributed by atoms with Crippen LogP contribution in [0.25, 0.3) is 10.2 Å². The molecule has 3 N–H and O–H groups in total. The Bertz CT molecular complexity index is 1180. The predicted molar refractivity (Wildman–Crippen MR) is 116 cm³/mol. The van der Waals surface area contributed by atoms with Gasteiger partial charge in [0.05, 0.1) is 17.4 Å². The van der Waals surface area contributed by atoms with Gasteiger partial charge in [-0.2, -0.15) is 0 Å². The van der Waals surface area contributed by atoms with Gasteiger partial charge in [0.2, 0.25) is 0 Å². The Balaban J connectivity index is 1.31. The summed E-state index contributed by atoms with van der Waals surface area (Å²) >= 11 is 1.62. The smallest absolute Gasteiger partial charge is 0.308 e. The third kappa shape index (κ3) is 4.85. The van der Waals surface area contributed by atoms with Crippen LogP contribution in [-0.2, 0) is 29.0 Å². The molecule has 2 heterocycles. The van der Waals surface area contributed by atoms with Crippen molar-refractivity contribution in [1.82, 2.24) is 15.3 Å². The number of halogens is 2. The SMILES string of the molecule is Nc1nc(COC(=O)CCNC(=O)c2ccc(F)cc2F)nc2sc3c(c12)CCCCC3. The number of thiophene rings is 1. The van der Waals surface area contributed by atoms with E-state index in [9.17, 15) is 18.4 Å². The number of aryl methyl sites for hydroxylation is 2. The normalized spacial score (nSPS) is 13.4. The number of amides is 1. The highest BCUT2D eigenvalue weighted by Crippen LogP contribution is 2.37. The van der Waals surface area contributed by atoms with Crippen molar-refractivity contribution in [2.75, 3.05) is 12.3 Å². The van der Waals surface area contributed by atoms with Crippen LogP contribution in [0, 0.1) is 11.6 Å². The molecule has 3 aromatic rings. The molecule has 10 heteroatoms. The second kappa shape index (κ2) is 9.56. The number of hydrogen-bond donors (Lipinski definition) is 2. The van der Waals surface area contributed by atoms with Gasteiger partial charge in [-0.25, -0.2) is 18.7 Å². The van der Waals surface area contributed by atoms with Crippen LogP contribution in [0.15, 0.2) is 18.2 Å². The van der Waals surface area contributed by atoms with Gasteiger partial charge in [0.25, 0.3) is 5.91 Å². The average Bonchev–Trinajstić information content (AvgIpc) is 2.94. The van der Waals surface area contributed by atoms with E-state index in [2.05, 4.69) is 15.3 Å². The number of esters is 1. The van der Waals surface area contributed by atoms with Crippen molar-refractivity contribution >= 4 is 39.2 Å². The van der Waals surface area contributed by atoms with Crippen LogP contribution in [0.1, 0.15) is 52.3 Å². The van der Waals surface area contributed by atoms with E-state index in [0.717, 1.165) is 48.0 Å². The number of nitrogens with one attached hydrogen (secondary N) is 1.